The summed E-state index contributed by atoms with van der Waals surface area (Å²) in [5, 5.41) is 10.6. The standard InChI is InChI=1S/C13H17N5O10P2/c1-12(19)8(4-26-29(20,21)22)27-7(13(12,2)28-30(23,24)25)3-18-6-17-9-10(14)15-5-16-11(9)18/h1-2,5-8,19H,3-4H2,(H2,14,15,16)(H2,20,21,22)(H2,23,24,25)/t7-,8+,12-,13?/m0/s1. The highest BCUT2D eigenvalue weighted by Crippen LogP contribution is 2.52. The minimum atomic E-state index is -5.33. The van der Waals surface area contributed by atoms with E-state index in [0.717, 1.165) is 6.33 Å². The zero-order valence-corrected chi connectivity index (χ0v) is 16.7. The summed E-state index contributed by atoms with van der Waals surface area (Å²) < 4.78 is 38.0. The Bertz CT molecular complexity index is 1030. The first-order valence-corrected chi connectivity index (χ1v) is 11.0. The minimum Gasteiger partial charge on any atom is -0.384 e. The van der Waals surface area contributed by atoms with Crippen LogP contribution in [0, 0.1) is 13.8 Å². The van der Waals surface area contributed by atoms with Gasteiger partial charge in [-0.1, -0.05) is 0 Å². The van der Waals surface area contributed by atoms with Crippen molar-refractivity contribution in [1.29, 1.82) is 0 Å². The van der Waals surface area contributed by atoms with Gasteiger partial charge in [0.2, 0.25) is 0 Å². The van der Waals surface area contributed by atoms with Gasteiger partial charge >= 0.3 is 15.6 Å². The van der Waals surface area contributed by atoms with Crippen LogP contribution in [0.15, 0.2) is 12.7 Å². The van der Waals surface area contributed by atoms with Crippen LogP contribution in [0.3, 0.4) is 0 Å². The summed E-state index contributed by atoms with van der Waals surface area (Å²) in [5.74, 6) is 0.0554. The molecule has 1 aliphatic heterocycles. The molecule has 0 spiro atoms. The molecule has 1 saturated heterocycles. The molecular weight excluding hydrogens is 448 g/mol. The molecule has 4 radical (unpaired) electrons. The topological polar surface area (TPSA) is 233 Å². The van der Waals surface area contributed by atoms with Crippen LogP contribution in [-0.4, -0.2) is 74.2 Å². The summed E-state index contributed by atoms with van der Waals surface area (Å²) in [6.45, 7) is 10.3. The van der Waals surface area contributed by atoms with Gasteiger partial charge < -0.3 is 39.7 Å². The maximum atomic E-state index is 11.5. The van der Waals surface area contributed by atoms with E-state index in [9.17, 15) is 24.0 Å². The zero-order chi connectivity index (χ0) is 22.5. The van der Waals surface area contributed by atoms with Crippen molar-refractivity contribution in [3.63, 3.8) is 0 Å². The van der Waals surface area contributed by atoms with Crippen molar-refractivity contribution in [1.82, 2.24) is 19.5 Å². The molecule has 0 aromatic carbocycles. The fourth-order valence-corrected chi connectivity index (χ4v) is 3.95. The van der Waals surface area contributed by atoms with Crippen molar-refractivity contribution in [2.45, 2.75) is 30.0 Å². The zero-order valence-electron chi connectivity index (χ0n) is 14.9. The van der Waals surface area contributed by atoms with Crippen molar-refractivity contribution in [2.24, 2.45) is 0 Å². The number of phosphoric acid groups is 2. The molecule has 0 bridgehead atoms. The summed E-state index contributed by atoms with van der Waals surface area (Å²) in [6.07, 6.45) is -0.935. The second-order valence-electron chi connectivity index (χ2n) is 6.43. The Kier molecular flexibility index (Phi) is 5.84. The number of nitrogens with two attached hydrogens (primary N) is 1. The van der Waals surface area contributed by atoms with E-state index in [-0.39, 0.29) is 23.5 Å². The maximum Gasteiger partial charge on any atom is 0.470 e. The fourth-order valence-electron chi connectivity index (χ4n) is 2.96. The van der Waals surface area contributed by atoms with Crippen molar-refractivity contribution in [2.75, 3.05) is 12.3 Å². The molecule has 3 rings (SSSR count). The molecule has 3 heterocycles. The summed E-state index contributed by atoms with van der Waals surface area (Å²) >= 11 is 0. The number of anilines is 1. The molecule has 1 unspecified atom stereocenters. The van der Waals surface area contributed by atoms with E-state index in [2.05, 4.69) is 24.0 Å². The Balaban J connectivity index is 1.98. The van der Waals surface area contributed by atoms with Gasteiger partial charge in [0.1, 0.15) is 35.3 Å². The molecule has 7 N–H and O–H groups in total. The number of aliphatic hydroxyl groups is 1. The Morgan fingerprint density at radius 3 is 2.43 bits per heavy atom. The minimum absolute atomic E-state index is 0.0554. The molecule has 4 atom stereocenters. The lowest BCUT2D eigenvalue weighted by Gasteiger charge is -2.38. The lowest BCUT2D eigenvalue weighted by Crippen LogP contribution is -2.58. The van der Waals surface area contributed by atoms with Crippen LogP contribution in [0.4, 0.5) is 5.82 Å². The lowest BCUT2D eigenvalue weighted by atomic mass is 9.81. The van der Waals surface area contributed by atoms with E-state index in [1.807, 2.05) is 0 Å². The summed E-state index contributed by atoms with van der Waals surface area (Å²) in [6, 6.07) is 0. The van der Waals surface area contributed by atoms with E-state index in [0.29, 0.717) is 0 Å². The molecule has 0 saturated carbocycles. The van der Waals surface area contributed by atoms with Crippen molar-refractivity contribution in [3.8, 4) is 0 Å². The summed E-state index contributed by atoms with van der Waals surface area (Å²) in [7, 11) is -10.3. The van der Waals surface area contributed by atoms with Gasteiger partial charge in [-0.25, -0.2) is 24.1 Å². The average molecular weight is 465 g/mol. The molecule has 30 heavy (non-hydrogen) atoms. The van der Waals surface area contributed by atoms with Crippen LogP contribution >= 0.6 is 15.6 Å². The molecule has 0 aliphatic carbocycles. The number of aromatic nitrogens is 4. The Hall–Kier alpha value is -1.51. The second kappa shape index (κ2) is 7.57. The number of phosphoric ester groups is 2. The maximum absolute atomic E-state index is 11.5. The highest BCUT2D eigenvalue weighted by atomic mass is 31.2. The van der Waals surface area contributed by atoms with Crippen LogP contribution in [0.5, 0.6) is 0 Å². The van der Waals surface area contributed by atoms with Crippen LogP contribution in [0.2, 0.25) is 0 Å². The van der Waals surface area contributed by atoms with Gasteiger partial charge in [-0.2, -0.15) is 0 Å². The van der Waals surface area contributed by atoms with Gasteiger partial charge in [-0.15, -0.1) is 0 Å². The van der Waals surface area contributed by atoms with Crippen molar-refractivity contribution >= 4 is 32.6 Å². The number of hydrogen-bond acceptors (Lipinski definition) is 10. The smallest absolute Gasteiger partial charge is 0.384 e. The molecule has 17 heteroatoms. The van der Waals surface area contributed by atoms with Crippen LogP contribution in [0.1, 0.15) is 0 Å². The van der Waals surface area contributed by atoms with Gasteiger partial charge in [0.05, 0.1) is 19.5 Å². The van der Waals surface area contributed by atoms with Gasteiger partial charge in [-0.3, -0.25) is 9.05 Å². The Labute approximate surface area is 169 Å². The summed E-state index contributed by atoms with van der Waals surface area (Å²) in [4.78, 5) is 48.0. The molecule has 164 valence electrons. The largest absolute Gasteiger partial charge is 0.470 e. The number of nitrogen functional groups attached to an aromatic ring is 1. The lowest BCUT2D eigenvalue weighted by molar-refractivity contribution is -0.0886. The van der Waals surface area contributed by atoms with Crippen LogP contribution < -0.4 is 5.73 Å². The van der Waals surface area contributed by atoms with Crippen molar-refractivity contribution < 1.29 is 47.6 Å². The molecule has 0 amide bonds. The second-order valence-corrected chi connectivity index (χ2v) is 8.83. The van der Waals surface area contributed by atoms with Gasteiger partial charge in [0.25, 0.3) is 0 Å². The SMILES string of the molecule is [CH]C1(OP(=O)(O)O)[C@H](Cn2cnc3c(N)ncnc32)O[C@H](COP(=O)(O)O)[C@]1([CH])O. The summed E-state index contributed by atoms with van der Waals surface area (Å²) in [5.41, 5.74) is 0.505. The predicted molar refractivity (Wildman–Crippen MR) is 95.8 cm³/mol. The van der Waals surface area contributed by atoms with Crippen LogP contribution in [-0.2, 0) is 29.5 Å². The molecule has 2 aromatic rings. The van der Waals surface area contributed by atoms with Gasteiger partial charge in [0.15, 0.2) is 11.5 Å². The van der Waals surface area contributed by atoms with Gasteiger partial charge in [0, 0.05) is 13.8 Å². The predicted octanol–water partition coefficient (Wildman–Crippen LogP) is -1.71. The third kappa shape index (κ3) is 4.41. The molecular formula is C13H17N5O10P2. The first-order chi connectivity index (χ1) is 13.6. The monoisotopic (exact) mass is 465 g/mol. The van der Waals surface area contributed by atoms with E-state index < -0.39 is 45.7 Å². The number of fused-ring (bicyclic) bond motifs is 1. The Morgan fingerprint density at radius 2 is 1.83 bits per heavy atom. The fraction of sp³-hybridized carbons (Fsp3) is 0.462. The van der Waals surface area contributed by atoms with Crippen LogP contribution in [0.25, 0.3) is 11.2 Å². The number of nitrogens with zero attached hydrogens (tertiary/aromatic N) is 4. The van der Waals surface area contributed by atoms with Crippen molar-refractivity contribution in [3.05, 3.63) is 26.5 Å². The van der Waals surface area contributed by atoms with E-state index in [1.165, 1.54) is 10.9 Å². The number of imidazole rings is 1. The first kappa shape index (κ1) is 23.2. The molecule has 15 nitrogen and oxygen atoms in total. The number of hydrogen-bond donors (Lipinski definition) is 6. The normalized spacial score (nSPS) is 30.2. The third-order valence-corrected chi connectivity index (χ3v) is 5.41. The van der Waals surface area contributed by atoms with E-state index >= 15 is 0 Å². The molecule has 2 aromatic heterocycles. The average Bonchev–Trinajstić information content (AvgIpc) is 3.05. The van der Waals surface area contributed by atoms with E-state index in [1.54, 1.807) is 0 Å². The molecule has 1 fully saturated rings. The quantitative estimate of drug-likeness (QED) is 0.250. The Morgan fingerprint density at radius 1 is 1.17 bits per heavy atom. The van der Waals surface area contributed by atoms with E-state index in [4.69, 9.17) is 34.1 Å². The van der Waals surface area contributed by atoms with Gasteiger partial charge in [-0.05, 0) is 0 Å². The number of ether oxygens (including phenoxy) is 1. The first-order valence-electron chi connectivity index (χ1n) is 7.97. The highest BCUT2D eigenvalue weighted by Gasteiger charge is 2.65. The number of rotatable bonds is 7. The molecule has 1 aliphatic rings. The highest BCUT2D eigenvalue weighted by molar-refractivity contribution is 7.46. The third-order valence-electron chi connectivity index (χ3n) is 4.38.